The van der Waals surface area contributed by atoms with Crippen molar-refractivity contribution in [1.82, 2.24) is 5.32 Å². The van der Waals surface area contributed by atoms with Crippen LogP contribution in [0.1, 0.15) is 18.0 Å². The fraction of sp³-hybridized carbons (Fsp3) is 0.500. The maximum Gasteiger partial charge on any atom is 0.161 e. The summed E-state index contributed by atoms with van der Waals surface area (Å²) in [5.74, 6) is -3.64. The maximum absolute atomic E-state index is 13.7. The summed E-state index contributed by atoms with van der Waals surface area (Å²) >= 11 is 0. The summed E-state index contributed by atoms with van der Waals surface area (Å²) in [5.41, 5.74) is -0.0384. The van der Waals surface area contributed by atoms with Gasteiger partial charge in [-0.05, 0) is 25.5 Å². The molecular weight excluding hydrogens is 279 g/mol. The molecule has 0 saturated carbocycles. The molecule has 1 aromatic rings. The fourth-order valence-electron chi connectivity index (χ4n) is 2.51. The Bertz CT molecular complexity index is 589. The van der Waals surface area contributed by atoms with E-state index in [9.17, 15) is 21.6 Å². The van der Waals surface area contributed by atoms with Gasteiger partial charge in [0, 0.05) is 17.7 Å². The van der Waals surface area contributed by atoms with Gasteiger partial charge >= 0.3 is 0 Å². The van der Waals surface area contributed by atoms with Crippen LogP contribution in [0.5, 0.6) is 0 Å². The third-order valence-corrected chi connectivity index (χ3v) is 5.22. The van der Waals surface area contributed by atoms with Crippen LogP contribution in [0.3, 0.4) is 0 Å². The molecule has 0 spiro atoms. The van der Waals surface area contributed by atoms with Gasteiger partial charge in [0.05, 0.1) is 11.5 Å². The van der Waals surface area contributed by atoms with Crippen LogP contribution in [0.2, 0.25) is 0 Å². The van der Waals surface area contributed by atoms with E-state index in [-0.39, 0.29) is 23.0 Å². The van der Waals surface area contributed by atoms with Gasteiger partial charge in [-0.25, -0.2) is 21.6 Å². The molecule has 19 heavy (non-hydrogen) atoms. The monoisotopic (exact) mass is 293 g/mol. The molecule has 0 radical (unpaired) electrons. The second kappa shape index (κ2) is 5.13. The summed E-state index contributed by atoms with van der Waals surface area (Å²) < 4.78 is 62.7. The van der Waals surface area contributed by atoms with Crippen molar-refractivity contribution in [2.75, 3.05) is 18.6 Å². The first kappa shape index (κ1) is 14.3. The molecule has 1 aliphatic heterocycles. The van der Waals surface area contributed by atoms with E-state index in [1.165, 1.54) is 7.05 Å². The van der Waals surface area contributed by atoms with Gasteiger partial charge in [0.2, 0.25) is 0 Å². The van der Waals surface area contributed by atoms with Gasteiger partial charge in [-0.2, -0.15) is 0 Å². The Morgan fingerprint density at radius 2 is 1.84 bits per heavy atom. The van der Waals surface area contributed by atoms with Crippen LogP contribution in [-0.2, 0) is 9.84 Å². The largest absolute Gasteiger partial charge is 0.313 e. The summed E-state index contributed by atoms with van der Waals surface area (Å²) in [5, 5.41) is 2.79. The van der Waals surface area contributed by atoms with Gasteiger partial charge in [-0.15, -0.1) is 0 Å². The third-order valence-electron chi connectivity index (χ3n) is 3.42. The Morgan fingerprint density at radius 1 is 1.21 bits per heavy atom. The quantitative estimate of drug-likeness (QED) is 0.864. The number of rotatable bonds is 3. The van der Waals surface area contributed by atoms with Crippen molar-refractivity contribution < 1.29 is 21.6 Å². The van der Waals surface area contributed by atoms with Crippen LogP contribution >= 0.6 is 0 Å². The van der Waals surface area contributed by atoms with E-state index < -0.39 is 33.3 Å². The molecule has 1 aromatic carbocycles. The van der Waals surface area contributed by atoms with E-state index in [4.69, 9.17) is 0 Å². The van der Waals surface area contributed by atoms with Gasteiger partial charge in [-0.3, -0.25) is 0 Å². The van der Waals surface area contributed by atoms with Crippen molar-refractivity contribution in [3.05, 3.63) is 35.1 Å². The van der Waals surface area contributed by atoms with E-state index in [1.807, 2.05) is 0 Å². The molecule has 0 aromatic heterocycles. The Kier molecular flexibility index (Phi) is 3.87. The predicted molar refractivity (Wildman–Crippen MR) is 64.9 cm³/mol. The summed E-state index contributed by atoms with van der Waals surface area (Å²) in [4.78, 5) is 0. The van der Waals surface area contributed by atoms with Crippen LogP contribution in [0.4, 0.5) is 13.2 Å². The molecule has 2 rings (SSSR count). The molecule has 1 saturated heterocycles. The zero-order valence-corrected chi connectivity index (χ0v) is 11.1. The summed E-state index contributed by atoms with van der Waals surface area (Å²) in [6.07, 6.45) is 0.381. The smallest absolute Gasteiger partial charge is 0.161 e. The Hall–Kier alpha value is -1.08. The highest BCUT2D eigenvalue weighted by molar-refractivity contribution is 7.91. The first-order valence-corrected chi connectivity index (χ1v) is 7.68. The molecule has 1 heterocycles. The number of sulfone groups is 1. The van der Waals surface area contributed by atoms with Crippen molar-refractivity contribution >= 4 is 9.84 Å². The predicted octanol–water partition coefficient (Wildman–Crippen LogP) is 1.80. The summed E-state index contributed by atoms with van der Waals surface area (Å²) in [6, 6.07) is 0.627. The molecule has 2 atom stereocenters. The highest BCUT2D eigenvalue weighted by Gasteiger charge is 2.35. The minimum absolute atomic E-state index is 0.0384. The van der Waals surface area contributed by atoms with E-state index in [2.05, 4.69) is 5.32 Å². The molecule has 3 nitrogen and oxygen atoms in total. The molecular formula is C12H14F3NO2S. The fourth-order valence-corrected chi connectivity index (χ4v) is 4.35. The minimum atomic E-state index is -3.12. The van der Waals surface area contributed by atoms with Crippen molar-refractivity contribution in [2.24, 2.45) is 5.92 Å². The van der Waals surface area contributed by atoms with Gasteiger partial charge in [-0.1, -0.05) is 0 Å². The Labute approximate surface area is 109 Å². The normalized spacial score (nSPS) is 23.5. The lowest BCUT2D eigenvalue weighted by molar-refractivity contribution is 0.396. The molecule has 0 aliphatic carbocycles. The molecule has 106 valence electrons. The van der Waals surface area contributed by atoms with E-state index in [0.717, 1.165) is 6.07 Å². The van der Waals surface area contributed by atoms with Crippen LogP contribution < -0.4 is 5.32 Å². The Morgan fingerprint density at radius 3 is 2.37 bits per heavy atom. The molecule has 7 heteroatoms. The van der Waals surface area contributed by atoms with Crippen molar-refractivity contribution in [2.45, 2.75) is 12.5 Å². The molecule has 0 bridgehead atoms. The zero-order chi connectivity index (χ0) is 14.2. The van der Waals surface area contributed by atoms with Gasteiger partial charge in [0.1, 0.15) is 5.82 Å². The summed E-state index contributed by atoms with van der Waals surface area (Å²) in [6.45, 7) is 0. The molecule has 1 aliphatic rings. The molecule has 1 N–H and O–H groups in total. The van der Waals surface area contributed by atoms with Gasteiger partial charge in [0.25, 0.3) is 0 Å². The topological polar surface area (TPSA) is 46.2 Å². The number of hydrogen-bond donors (Lipinski definition) is 1. The number of benzene rings is 1. The SMILES string of the molecule is CNC(c1cc(F)c(F)cc1F)C1CCS(=O)(=O)C1. The third kappa shape index (κ3) is 2.92. The maximum atomic E-state index is 13.7. The lowest BCUT2D eigenvalue weighted by Crippen LogP contribution is -2.27. The van der Waals surface area contributed by atoms with Gasteiger partial charge < -0.3 is 5.32 Å². The second-order valence-electron chi connectivity index (χ2n) is 4.72. The van der Waals surface area contributed by atoms with Crippen LogP contribution in [0.25, 0.3) is 0 Å². The van der Waals surface area contributed by atoms with E-state index >= 15 is 0 Å². The number of hydrogen-bond acceptors (Lipinski definition) is 3. The van der Waals surface area contributed by atoms with Crippen molar-refractivity contribution in [3.8, 4) is 0 Å². The molecule has 1 fully saturated rings. The Balaban J connectivity index is 2.35. The van der Waals surface area contributed by atoms with Crippen LogP contribution in [0, 0.1) is 23.4 Å². The highest BCUT2D eigenvalue weighted by Crippen LogP contribution is 2.33. The van der Waals surface area contributed by atoms with Crippen molar-refractivity contribution in [3.63, 3.8) is 0 Å². The first-order chi connectivity index (χ1) is 8.84. The first-order valence-electron chi connectivity index (χ1n) is 5.86. The van der Waals surface area contributed by atoms with E-state index in [0.29, 0.717) is 12.5 Å². The summed E-state index contributed by atoms with van der Waals surface area (Å²) in [7, 11) is -1.58. The lowest BCUT2D eigenvalue weighted by Gasteiger charge is -2.23. The highest BCUT2D eigenvalue weighted by atomic mass is 32.2. The van der Waals surface area contributed by atoms with Crippen LogP contribution in [0.15, 0.2) is 12.1 Å². The molecule has 2 unspecified atom stereocenters. The second-order valence-corrected chi connectivity index (χ2v) is 6.95. The average Bonchev–Trinajstić information content (AvgIpc) is 2.67. The van der Waals surface area contributed by atoms with Crippen molar-refractivity contribution in [1.29, 1.82) is 0 Å². The minimum Gasteiger partial charge on any atom is -0.313 e. The number of nitrogens with one attached hydrogen (secondary N) is 1. The number of halogens is 3. The van der Waals surface area contributed by atoms with E-state index in [1.54, 1.807) is 0 Å². The average molecular weight is 293 g/mol. The molecule has 0 amide bonds. The van der Waals surface area contributed by atoms with Gasteiger partial charge in [0.15, 0.2) is 21.5 Å². The van der Waals surface area contributed by atoms with Crippen LogP contribution in [-0.4, -0.2) is 27.0 Å². The lowest BCUT2D eigenvalue weighted by atomic mass is 9.92. The standard InChI is InChI=1S/C12H14F3NO2S/c1-16-12(7-2-3-19(17,18)6-7)8-4-10(14)11(15)5-9(8)13/h4-5,7,12,16H,2-3,6H2,1H3. The zero-order valence-electron chi connectivity index (χ0n) is 10.3.